The van der Waals surface area contributed by atoms with Gasteiger partial charge in [0.15, 0.2) is 0 Å². The molecule has 0 bridgehead atoms. The van der Waals surface area contributed by atoms with Crippen LogP contribution in [0.5, 0.6) is 0 Å². The fraction of sp³-hybridized carbons (Fsp3) is 0.614. The molecule has 8 N–H and O–H groups in total. The number of urea groups is 1. The zero-order valence-electron chi connectivity index (χ0n) is 36.5. The number of thioether (sulfide) groups is 1. The number of nitrogens with one attached hydrogen (secondary N) is 6. The SMILES string of the molecule is CSCC[C@H](NC(=O)N[C@@H](CCCCNC(=O)[C@H](Cc1ccc2ccccc2c1)NC(=O)C1CCC(CNC(=O)CCOCCOCCOCCNC(C)=O)CC1)C(=O)O)C(=O)O. The van der Waals surface area contributed by atoms with Gasteiger partial charge in [-0.2, -0.15) is 11.8 Å². The van der Waals surface area contributed by atoms with Crippen LogP contribution in [-0.2, 0) is 49.4 Å². The zero-order valence-corrected chi connectivity index (χ0v) is 37.3. The van der Waals surface area contributed by atoms with Crippen molar-refractivity contribution in [3.05, 3.63) is 48.0 Å². The van der Waals surface area contributed by atoms with Gasteiger partial charge in [-0.15, -0.1) is 0 Å². The van der Waals surface area contributed by atoms with E-state index in [4.69, 9.17) is 14.2 Å². The Morgan fingerprint density at radius 1 is 0.698 bits per heavy atom. The quantitative estimate of drug-likeness (QED) is 0.0507. The highest BCUT2D eigenvalue weighted by molar-refractivity contribution is 7.98. The second kappa shape index (κ2) is 30.2. The van der Waals surface area contributed by atoms with Gasteiger partial charge in [0.1, 0.15) is 18.1 Å². The highest BCUT2D eigenvalue weighted by Crippen LogP contribution is 2.29. The van der Waals surface area contributed by atoms with Gasteiger partial charge >= 0.3 is 18.0 Å². The first-order valence-electron chi connectivity index (χ1n) is 21.7. The largest absolute Gasteiger partial charge is 0.480 e. The van der Waals surface area contributed by atoms with Gasteiger partial charge < -0.3 is 56.3 Å². The molecule has 3 rings (SSSR count). The van der Waals surface area contributed by atoms with E-state index in [0.29, 0.717) is 77.6 Å². The number of fused-ring (bicyclic) bond motifs is 1. The molecule has 2 aromatic rings. The fourth-order valence-corrected chi connectivity index (χ4v) is 7.47. The summed E-state index contributed by atoms with van der Waals surface area (Å²) in [6.07, 6.45) is 5.98. The van der Waals surface area contributed by atoms with E-state index in [2.05, 4.69) is 31.9 Å². The summed E-state index contributed by atoms with van der Waals surface area (Å²) in [5.41, 5.74) is 0.873. The van der Waals surface area contributed by atoms with Crippen molar-refractivity contribution < 1.29 is 58.0 Å². The Morgan fingerprint density at radius 2 is 1.33 bits per heavy atom. The summed E-state index contributed by atoms with van der Waals surface area (Å²) in [5.74, 6) is -2.83. The number of hydrogen-bond donors (Lipinski definition) is 8. The Balaban J connectivity index is 1.41. The van der Waals surface area contributed by atoms with E-state index >= 15 is 0 Å². The molecule has 0 saturated heterocycles. The van der Waals surface area contributed by atoms with Crippen LogP contribution in [0.25, 0.3) is 10.8 Å². The van der Waals surface area contributed by atoms with Crippen molar-refractivity contribution in [1.82, 2.24) is 31.9 Å². The molecular weight excluding hydrogens is 837 g/mol. The summed E-state index contributed by atoms with van der Waals surface area (Å²) in [6, 6.07) is 9.61. The van der Waals surface area contributed by atoms with Crippen LogP contribution in [0.15, 0.2) is 42.5 Å². The second-order valence-corrected chi connectivity index (χ2v) is 16.5. The highest BCUT2D eigenvalue weighted by Gasteiger charge is 2.30. The molecule has 0 aromatic heterocycles. The van der Waals surface area contributed by atoms with Crippen LogP contribution in [-0.4, -0.2) is 141 Å². The van der Waals surface area contributed by atoms with Crippen molar-refractivity contribution >= 4 is 64.1 Å². The summed E-state index contributed by atoms with van der Waals surface area (Å²) in [7, 11) is 0. The van der Waals surface area contributed by atoms with Crippen LogP contribution in [0.4, 0.5) is 4.79 Å². The summed E-state index contributed by atoms with van der Waals surface area (Å²) in [4.78, 5) is 86.2. The minimum atomic E-state index is -1.27. The van der Waals surface area contributed by atoms with Crippen LogP contribution in [0.2, 0.25) is 0 Å². The fourth-order valence-electron chi connectivity index (χ4n) is 7.00. The van der Waals surface area contributed by atoms with Crippen LogP contribution in [0.3, 0.4) is 0 Å². The minimum Gasteiger partial charge on any atom is -0.480 e. The lowest BCUT2D eigenvalue weighted by atomic mass is 9.81. The number of carboxylic acids is 2. The minimum absolute atomic E-state index is 0.0532. The average molecular weight is 903 g/mol. The van der Waals surface area contributed by atoms with Crippen LogP contribution < -0.4 is 31.9 Å². The van der Waals surface area contributed by atoms with E-state index in [1.165, 1.54) is 18.7 Å². The highest BCUT2D eigenvalue weighted by atomic mass is 32.2. The first kappa shape index (κ1) is 52.4. The molecule has 1 saturated carbocycles. The molecule has 18 nitrogen and oxygen atoms in total. The Morgan fingerprint density at radius 3 is 1.98 bits per heavy atom. The van der Waals surface area contributed by atoms with Crippen LogP contribution in [0.1, 0.15) is 70.3 Å². The second-order valence-electron chi connectivity index (χ2n) is 15.5. The maximum Gasteiger partial charge on any atom is 0.326 e. The first-order valence-corrected chi connectivity index (χ1v) is 23.1. The maximum absolute atomic E-state index is 13.6. The van der Waals surface area contributed by atoms with E-state index in [-0.39, 0.29) is 74.3 Å². The molecule has 63 heavy (non-hydrogen) atoms. The van der Waals surface area contributed by atoms with Crippen molar-refractivity contribution in [2.45, 2.75) is 89.3 Å². The van der Waals surface area contributed by atoms with Crippen molar-refractivity contribution in [2.24, 2.45) is 11.8 Å². The number of rotatable bonds is 31. The number of hydrogen-bond acceptors (Lipinski definition) is 11. The number of carboxylic acid groups (broad SMARTS) is 2. The third-order valence-corrected chi connectivity index (χ3v) is 11.2. The number of aliphatic carboxylic acids is 2. The molecule has 350 valence electrons. The molecule has 6 amide bonds. The van der Waals surface area contributed by atoms with Gasteiger partial charge in [0.25, 0.3) is 0 Å². The van der Waals surface area contributed by atoms with Gasteiger partial charge in [-0.05, 0) is 85.6 Å². The van der Waals surface area contributed by atoms with Gasteiger partial charge in [0.05, 0.1) is 39.6 Å². The van der Waals surface area contributed by atoms with E-state index < -0.39 is 36.1 Å². The Bertz CT molecular complexity index is 1760. The number of carbonyl (C=O) groups is 7. The van der Waals surface area contributed by atoms with E-state index in [1.54, 1.807) is 0 Å². The number of carbonyl (C=O) groups excluding carboxylic acids is 5. The van der Waals surface area contributed by atoms with Crippen molar-refractivity contribution in [2.75, 3.05) is 71.3 Å². The number of benzene rings is 2. The number of amides is 6. The van der Waals surface area contributed by atoms with Gasteiger partial charge in [-0.25, -0.2) is 14.4 Å². The Hall–Kier alpha value is -4.98. The third-order valence-electron chi connectivity index (χ3n) is 10.6. The standard InChI is InChI=1S/C44H66N6O12S/c1-30(51)45-19-21-61-23-25-62-24-22-60-20-16-39(52)47-29-31-10-14-34(15-11-31)40(53)48-38(28-32-12-13-33-7-3-4-8-35(33)27-32)41(54)46-18-6-5-9-36(42(55)56)49-44(59)50-37(43(57)58)17-26-63-2/h3-4,7-8,12-13,27,31,34,36-38H,5-6,9-11,14-26,28-29H2,1-2H3,(H,45,51)(H,46,54)(H,47,52)(H,48,53)(H,55,56)(H,57,58)(H2,49,50,59)/t31?,34?,36-,37-,38-/m0/s1. The maximum atomic E-state index is 13.6. The smallest absolute Gasteiger partial charge is 0.326 e. The molecule has 1 aliphatic rings. The Kier molecular flexibility index (Phi) is 25.1. The summed E-state index contributed by atoms with van der Waals surface area (Å²) in [6.45, 7) is 4.82. The van der Waals surface area contributed by atoms with Crippen LogP contribution in [0, 0.1) is 11.8 Å². The molecular formula is C44H66N6O12S. The van der Waals surface area contributed by atoms with Gasteiger partial charge in [0, 0.05) is 45.3 Å². The molecule has 3 atom stereocenters. The average Bonchev–Trinajstić information content (AvgIpc) is 3.26. The number of ether oxygens (including phenoxy) is 3. The van der Waals surface area contributed by atoms with Crippen molar-refractivity contribution in [1.29, 1.82) is 0 Å². The van der Waals surface area contributed by atoms with Crippen molar-refractivity contribution in [3.63, 3.8) is 0 Å². The van der Waals surface area contributed by atoms with E-state index in [1.807, 2.05) is 48.7 Å². The molecule has 1 aliphatic carbocycles. The van der Waals surface area contributed by atoms with Gasteiger partial charge in [0.2, 0.25) is 23.6 Å². The molecule has 1 fully saturated rings. The number of unbranched alkanes of at least 4 members (excludes halogenated alkanes) is 1. The molecule has 0 unspecified atom stereocenters. The molecule has 0 spiro atoms. The van der Waals surface area contributed by atoms with Gasteiger partial charge in [-0.1, -0.05) is 42.5 Å². The zero-order chi connectivity index (χ0) is 45.8. The third kappa shape index (κ3) is 21.8. The lowest BCUT2D eigenvalue weighted by molar-refractivity contribution is -0.139. The topological polar surface area (TPSA) is 260 Å². The first-order chi connectivity index (χ1) is 30.4. The van der Waals surface area contributed by atoms with E-state index in [9.17, 15) is 43.8 Å². The van der Waals surface area contributed by atoms with Gasteiger partial charge in [-0.3, -0.25) is 19.2 Å². The summed E-state index contributed by atoms with van der Waals surface area (Å²) in [5, 5.41) is 37.3. The normalized spacial score (nSPS) is 16.2. The monoisotopic (exact) mass is 902 g/mol. The molecule has 0 heterocycles. The molecule has 0 radical (unpaired) electrons. The Labute approximate surface area is 373 Å². The predicted molar refractivity (Wildman–Crippen MR) is 238 cm³/mol. The lowest BCUT2D eigenvalue weighted by Gasteiger charge is -2.29. The molecule has 0 aliphatic heterocycles. The summed E-state index contributed by atoms with van der Waals surface area (Å²) >= 11 is 1.43. The van der Waals surface area contributed by atoms with Crippen LogP contribution >= 0.6 is 11.8 Å². The summed E-state index contributed by atoms with van der Waals surface area (Å²) < 4.78 is 16.3. The molecule has 2 aromatic carbocycles. The van der Waals surface area contributed by atoms with Crippen molar-refractivity contribution in [3.8, 4) is 0 Å². The van der Waals surface area contributed by atoms with E-state index in [0.717, 1.165) is 29.2 Å². The lowest BCUT2D eigenvalue weighted by Crippen LogP contribution is -2.51. The molecule has 19 heteroatoms. The predicted octanol–water partition coefficient (Wildman–Crippen LogP) is 2.61.